The van der Waals surface area contributed by atoms with E-state index in [0.717, 1.165) is 5.76 Å². The molecule has 1 aliphatic rings. The normalized spacial score (nSPS) is 17.3. The lowest BCUT2D eigenvalue weighted by Crippen LogP contribution is -1.81. The van der Waals surface area contributed by atoms with Crippen molar-refractivity contribution in [3.05, 3.63) is 18.9 Å². The Morgan fingerprint density at radius 2 is 2.50 bits per heavy atom. The molecule has 1 fully saturated rings. The van der Waals surface area contributed by atoms with Crippen molar-refractivity contribution in [1.82, 2.24) is 5.16 Å². The van der Waals surface area contributed by atoms with Gasteiger partial charge in [0.1, 0.15) is 5.76 Å². The van der Waals surface area contributed by atoms with Crippen LogP contribution in [0.2, 0.25) is 0 Å². The second kappa shape index (κ2) is 2.01. The van der Waals surface area contributed by atoms with E-state index < -0.39 is 0 Å². The smallest absolute Gasteiger partial charge is 0.170 e. The fourth-order valence-electron chi connectivity index (χ4n) is 0.918. The Morgan fingerprint density at radius 1 is 1.70 bits per heavy atom. The lowest BCUT2D eigenvalue weighted by Gasteiger charge is -1.82. The van der Waals surface area contributed by atoms with Gasteiger partial charge in [-0.3, -0.25) is 0 Å². The maximum absolute atomic E-state index is 5.11. The zero-order valence-electron chi connectivity index (χ0n) is 5.50. The van der Waals surface area contributed by atoms with Crippen LogP contribution in [0.15, 0.2) is 10.6 Å². The maximum Gasteiger partial charge on any atom is 0.170 e. The molecular weight excluding hydrogens is 128 g/mol. The van der Waals surface area contributed by atoms with Crippen LogP contribution in [0.25, 0.3) is 0 Å². The van der Waals surface area contributed by atoms with E-state index >= 15 is 0 Å². The summed E-state index contributed by atoms with van der Waals surface area (Å²) in [4.78, 5) is 0. The Balaban J connectivity index is 2.19. The van der Waals surface area contributed by atoms with Crippen LogP contribution in [0.3, 0.4) is 0 Å². The van der Waals surface area contributed by atoms with Crippen molar-refractivity contribution < 1.29 is 4.52 Å². The predicted octanol–water partition coefficient (Wildman–Crippen LogP) is 1.63. The topological polar surface area (TPSA) is 38.1 Å². The highest BCUT2D eigenvalue weighted by Gasteiger charge is 2.27. The lowest BCUT2D eigenvalue weighted by atomic mass is 10.3. The molecule has 1 saturated carbocycles. The molecule has 52 valence electrons. The average molecular weight is 136 g/mol. The van der Waals surface area contributed by atoms with Gasteiger partial charge in [-0.25, -0.2) is 0 Å². The Hall–Kier alpha value is -0.990. The molecule has 1 aliphatic carbocycles. The van der Waals surface area contributed by atoms with Crippen molar-refractivity contribution >= 4 is 5.82 Å². The monoisotopic (exact) mass is 136 g/mol. The second-order valence-corrected chi connectivity index (χ2v) is 2.53. The van der Waals surface area contributed by atoms with E-state index in [4.69, 9.17) is 11.6 Å². The van der Waals surface area contributed by atoms with Crippen molar-refractivity contribution in [2.24, 2.45) is 0 Å². The largest absolute Gasteiger partial charge is 0.360 e. The molecule has 0 spiro atoms. The van der Waals surface area contributed by atoms with Gasteiger partial charge in [0.2, 0.25) is 0 Å². The summed E-state index contributed by atoms with van der Waals surface area (Å²) in [5.41, 5.74) is 0. The Labute approximate surface area is 59.4 Å². The first-order chi connectivity index (χ1) is 4.90. The highest BCUT2D eigenvalue weighted by Crippen LogP contribution is 2.40. The molecule has 10 heavy (non-hydrogen) atoms. The SMILES string of the molecule is [CH]Nc1cc(C2CC2)on1. The highest BCUT2D eigenvalue weighted by molar-refractivity contribution is 5.35. The molecule has 0 amide bonds. The van der Waals surface area contributed by atoms with Crippen molar-refractivity contribution in [3.63, 3.8) is 0 Å². The van der Waals surface area contributed by atoms with E-state index in [2.05, 4.69) is 10.5 Å². The zero-order chi connectivity index (χ0) is 6.97. The van der Waals surface area contributed by atoms with Crippen LogP contribution in [0.4, 0.5) is 5.82 Å². The summed E-state index contributed by atoms with van der Waals surface area (Å²) in [6.07, 6.45) is 2.44. The van der Waals surface area contributed by atoms with Gasteiger partial charge in [-0.05, 0) is 12.8 Å². The molecule has 1 heterocycles. The van der Waals surface area contributed by atoms with Gasteiger partial charge in [-0.2, -0.15) is 0 Å². The molecule has 1 aromatic heterocycles. The van der Waals surface area contributed by atoms with Gasteiger partial charge in [-0.1, -0.05) is 5.16 Å². The third-order valence-corrected chi connectivity index (χ3v) is 1.66. The van der Waals surface area contributed by atoms with Crippen LogP contribution >= 0.6 is 0 Å². The molecule has 1 N–H and O–H groups in total. The Morgan fingerprint density at radius 3 is 3.00 bits per heavy atom. The van der Waals surface area contributed by atoms with Gasteiger partial charge in [0.05, 0.1) is 7.05 Å². The Bertz CT molecular complexity index is 227. The molecule has 1 aromatic rings. The van der Waals surface area contributed by atoms with Gasteiger partial charge in [0.15, 0.2) is 5.82 Å². The predicted molar refractivity (Wildman–Crippen MR) is 36.4 cm³/mol. The molecule has 0 saturated heterocycles. The summed E-state index contributed by atoms with van der Waals surface area (Å²) in [5.74, 6) is 2.17. The van der Waals surface area contributed by atoms with Crippen molar-refractivity contribution in [1.29, 1.82) is 0 Å². The standard InChI is InChI=1S/C7H8N2O/c1-8-7-4-6(10-9-7)5-2-3-5/h1,4-5H,2-3H2,(H,8,9). The first kappa shape index (κ1) is 5.77. The third-order valence-electron chi connectivity index (χ3n) is 1.66. The summed E-state index contributed by atoms with van der Waals surface area (Å²) in [5, 5.41) is 6.11. The molecule has 0 atom stereocenters. The molecular formula is C7H8N2O. The molecule has 3 nitrogen and oxygen atoms in total. The van der Waals surface area contributed by atoms with E-state index in [1.807, 2.05) is 6.07 Å². The van der Waals surface area contributed by atoms with Gasteiger partial charge in [-0.15, -0.1) is 0 Å². The number of nitrogens with zero attached hydrogens (tertiary/aromatic N) is 1. The average Bonchev–Trinajstić information content (AvgIpc) is 2.70. The van der Waals surface area contributed by atoms with Crippen molar-refractivity contribution in [3.8, 4) is 0 Å². The van der Waals surface area contributed by atoms with E-state index in [1.165, 1.54) is 12.8 Å². The van der Waals surface area contributed by atoms with Gasteiger partial charge < -0.3 is 9.84 Å². The van der Waals surface area contributed by atoms with E-state index in [9.17, 15) is 0 Å². The van der Waals surface area contributed by atoms with Crippen LogP contribution < -0.4 is 5.32 Å². The highest BCUT2D eigenvalue weighted by atomic mass is 16.5. The van der Waals surface area contributed by atoms with Crippen molar-refractivity contribution in [2.75, 3.05) is 5.32 Å². The quantitative estimate of drug-likeness (QED) is 0.628. The number of hydrogen-bond donors (Lipinski definition) is 1. The van der Waals surface area contributed by atoms with Gasteiger partial charge in [0.25, 0.3) is 0 Å². The van der Waals surface area contributed by atoms with Crippen LogP contribution in [0, 0.1) is 7.05 Å². The summed E-state index contributed by atoms with van der Waals surface area (Å²) in [6.45, 7) is 0. The third kappa shape index (κ3) is 0.875. The first-order valence-electron chi connectivity index (χ1n) is 3.33. The minimum Gasteiger partial charge on any atom is -0.360 e. The number of hydrogen-bond acceptors (Lipinski definition) is 3. The van der Waals surface area contributed by atoms with Crippen LogP contribution in [0.5, 0.6) is 0 Å². The van der Waals surface area contributed by atoms with E-state index in [1.54, 1.807) is 0 Å². The number of aromatic nitrogens is 1. The number of rotatable bonds is 2. The van der Waals surface area contributed by atoms with Gasteiger partial charge >= 0.3 is 0 Å². The minimum absolute atomic E-state index is 0.606. The fourth-order valence-corrected chi connectivity index (χ4v) is 0.918. The fraction of sp³-hybridized carbons (Fsp3) is 0.429. The summed E-state index contributed by atoms with van der Waals surface area (Å²) in [7, 11) is 5.11. The summed E-state index contributed by atoms with van der Waals surface area (Å²) >= 11 is 0. The van der Waals surface area contributed by atoms with Crippen LogP contribution in [0.1, 0.15) is 24.5 Å². The molecule has 0 unspecified atom stereocenters. The molecule has 0 aliphatic heterocycles. The summed E-state index contributed by atoms with van der Waals surface area (Å²) < 4.78 is 4.99. The second-order valence-electron chi connectivity index (χ2n) is 2.53. The van der Waals surface area contributed by atoms with E-state index in [0.29, 0.717) is 11.7 Å². The van der Waals surface area contributed by atoms with Gasteiger partial charge in [0, 0.05) is 12.0 Å². The lowest BCUT2D eigenvalue weighted by molar-refractivity contribution is 0.387. The van der Waals surface area contributed by atoms with Crippen LogP contribution in [-0.4, -0.2) is 5.16 Å². The minimum atomic E-state index is 0.606. The molecule has 0 bridgehead atoms. The summed E-state index contributed by atoms with van der Waals surface area (Å²) in [6, 6.07) is 1.84. The number of nitrogens with one attached hydrogen (secondary N) is 1. The molecule has 2 rings (SSSR count). The maximum atomic E-state index is 5.11. The zero-order valence-corrected chi connectivity index (χ0v) is 5.50. The van der Waals surface area contributed by atoms with E-state index in [-0.39, 0.29) is 0 Å². The molecule has 0 aromatic carbocycles. The first-order valence-corrected chi connectivity index (χ1v) is 3.33. The Kier molecular flexibility index (Phi) is 1.16. The molecule has 2 radical (unpaired) electrons. The number of anilines is 1. The van der Waals surface area contributed by atoms with Crippen molar-refractivity contribution in [2.45, 2.75) is 18.8 Å². The van der Waals surface area contributed by atoms with Crippen LogP contribution in [-0.2, 0) is 0 Å². The molecule has 3 heteroatoms.